The van der Waals surface area contributed by atoms with E-state index in [9.17, 15) is 4.39 Å². The Balaban J connectivity index is 2.21. The summed E-state index contributed by atoms with van der Waals surface area (Å²) < 4.78 is 13.9. The third kappa shape index (κ3) is 2.63. The zero-order valence-electron chi connectivity index (χ0n) is 10.2. The molecule has 0 aromatic heterocycles. The number of nitrogens with two attached hydrogens (primary N) is 1. The van der Waals surface area contributed by atoms with Crippen molar-refractivity contribution >= 4 is 11.6 Å². The second-order valence-electron chi connectivity index (χ2n) is 5.13. The molecule has 1 aromatic rings. The molecule has 1 nitrogen and oxygen atoms in total. The van der Waals surface area contributed by atoms with E-state index in [0.717, 1.165) is 31.6 Å². The van der Waals surface area contributed by atoms with Crippen LogP contribution in [-0.4, -0.2) is 0 Å². The molecule has 0 atom stereocenters. The number of rotatable bonds is 2. The van der Waals surface area contributed by atoms with Gasteiger partial charge >= 0.3 is 0 Å². The molecule has 0 heterocycles. The minimum atomic E-state index is -0.500. The summed E-state index contributed by atoms with van der Waals surface area (Å²) in [5, 5.41) is 0.428. The summed E-state index contributed by atoms with van der Waals surface area (Å²) in [6, 6.07) is 4.82. The molecule has 3 heteroatoms. The molecule has 0 bridgehead atoms. The molecular weight excluding hydrogens is 237 g/mol. The SMILES string of the molecule is CCC1CCC(N)(c2ccc(Cl)cc2F)CC1. The number of hydrogen-bond donors (Lipinski definition) is 1. The smallest absolute Gasteiger partial charge is 0.129 e. The zero-order valence-corrected chi connectivity index (χ0v) is 10.9. The van der Waals surface area contributed by atoms with Gasteiger partial charge in [0.05, 0.1) is 0 Å². The average molecular weight is 256 g/mol. The van der Waals surface area contributed by atoms with Crippen molar-refractivity contribution in [2.45, 2.75) is 44.6 Å². The lowest BCUT2D eigenvalue weighted by molar-refractivity contribution is 0.226. The Kier molecular flexibility index (Phi) is 3.74. The Bertz CT molecular complexity index is 397. The fourth-order valence-electron chi connectivity index (χ4n) is 2.76. The topological polar surface area (TPSA) is 26.0 Å². The Labute approximate surface area is 107 Å². The number of hydrogen-bond acceptors (Lipinski definition) is 1. The molecule has 0 unspecified atom stereocenters. The summed E-state index contributed by atoms with van der Waals surface area (Å²) in [5.41, 5.74) is 6.49. The van der Waals surface area contributed by atoms with Crippen molar-refractivity contribution < 1.29 is 4.39 Å². The van der Waals surface area contributed by atoms with Crippen molar-refractivity contribution in [1.82, 2.24) is 0 Å². The van der Waals surface area contributed by atoms with Crippen LogP contribution in [-0.2, 0) is 5.54 Å². The van der Waals surface area contributed by atoms with Gasteiger partial charge in [-0.25, -0.2) is 4.39 Å². The summed E-state index contributed by atoms with van der Waals surface area (Å²) in [6.07, 6.45) is 5.11. The molecule has 2 N–H and O–H groups in total. The van der Waals surface area contributed by atoms with Crippen LogP contribution in [0.2, 0.25) is 5.02 Å². The van der Waals surface area contributed by atoms with E-state index in [1.165, 1.54) is 12.5 Å². The van der Waals surface area contributed by atoms with E-state index in [1.807, 2.05) is 0 Å². The van der Waals surface area contributed by atoms with Gasteiger partial charge in [0.25, 0.3) is 0 Å². The Morgan fingerprint density at radius 2 is 2.06 bits per heavy atom. The zero-order chi connectivity index (χ0) is 12.5. The van der Waals surface area contributed by atoms with Crippen molar-refractivity contribution in [3.05, 3.63) is 34.6 Å². The predicted molar refractivity (Wildman–Crippen MR) is 69.5 cm³/mol. The first kappa shape index (κ1) is 12.8. The van der Waals surface area contributed by atoms with E-state index in [-0.39, 0.29) is 5.82 Å². The normalized spacial score (nSPS) is 29.3. The first-order valence-corrected chi connectivity index (χ1v) is 6.67. The van der Waals surface area contributed by atoms with E-state index in [0.29, 0.717) is 10.6 Å². The Morgan fingerprint density at radius 3 is 2.59 bits per heavy atom. The highest BCUT2D eigenvalue weighted by Gasteiger charge is 2.34. The predicted octanol–water partition coefficient (Wildman–Crippen LogP) is 4.23. The van der Waals surface area contributed by atoms with E-state index >= 15 is 0 Å². The molecule has 94 valence electrons. The molecular formula is C14H19ClFN. The van der Waals surface area contributed by atoms with E-state index in [2.05, 4.69) is 6.92 Å². The Hall–Kier alpha value is -0.600. The highest BCUT2D eigenvalue weighted by atomic mass is 35.5. The maximum Gasteiger partial charge on any atom is 0.129 e. The van der Waals surface area contributed by atoms with Gasteiger partial charge in [-0.05, 0) is 43.7 Å². The summed E-state index contributed by atoms with van der Waals surface area (Å²) in [6.45, 7) is 2.21. The second-order valence-corrected chi connectivity index (χ2v) is 5.57. The van der Waals surface area contributed by atoms with E-state index in [1.54, 1.807) is 12.1 Å². The van der Waals surface area contributed by atoms with Crippen LogP contribution in [0.1, 0.15) is 44.6 Å². The van der Waals surface area contributed by atoms with Crippen LogP contribution < -0.4 is 5.73 Å². The molecule has 1 fully saturated rings. The van der Waals surface area contributed by atoms with Gasteiger partial charge in [-0.3, -0.25) is 0 Å². The summed E-state index contributed by atoms with van der Waals surface area (Å²) >= 11 is 5.77. The molecule has 17 heavy (non-hydrogen) atoms. The van der Waals surface area contributed by atoms with Crippen LogP contribution in [0.4, 0.5) is 4.39 Å². The first-order valence-electron chi connectivity index (χ1n) is 6.29. The van der Waals surface area contributed by atoms with Crippen LogP contribution in [0.25, 0.3) is 0 Å². The summed E-state index contributed by atoms with van der Waals surface area (Å²) in [5.74, 6) is 0.483. The largest absolute Gasteiger partial charge is 0.321 e. The fourth-order valence-corrected chi connectivity index (χ4v) is 2.92. The Morgan fingerprint density at radius 1 is 1.41 bits per heavy atom. The lowest BCUT2D eigenvalue weighted by Crippen LogP contribution is -2.41. The van der Waals surface area contributed by atoms with Crippen LogP contribution in [0, 0.1) is 11.7 Å². The maximum absolute atomic E-state index is 13.9. The average Bonchev–Trinajstić information content (AvgIpc) is 2.29. The molecule has 2 rings (SSSR count). The van der Waals surface area contributed by atoms with Crippen molar-refractivity contribution in [2.75, 3.05) is 0 Å². The van der Waals surface area contributed by atoms with Crippen LogP contribution in [0.5, 0.6) is 0 Å². The van der Waals surface area contributed by atoms with Crippen LogP contribution >= 0.6 is 11.6 Å². The maximum atomic E-state index is 13.9. The molecule has 0 saturated heterocycles. The van der Waals surface area contributed by atoms with Gasteiger partial charge in [0.2, 0.25) is 0 Å². The fraction of sp³-hybridized carbons (Fsp3) is 0.571. The van der Waals surface area contributed by atoms with E-state index < -0.39 is 5.54 Å². The van der Waals surface area contributed by atoms with Gasteiger partial charge < -0.3 is 5.73 Å². The van der Waals surface area contributed by atoms with Crippen molar-refractivity contribution in [1.29, 1.82) is 0 Å². The second kappa shape index (κ2) is 4.95. The lowest BCUT2D eigenvalue weighted by atomic mass is 9.72. The van der Waals surface area contributed by atoms with Gasteiger partial charge in [-0.15, -0.1) is 0 Å². The van der Waals surface area contributed by atoms with Crippen molar-refractivity contribution in [2.24, 2.45) is 11.7 Å². The molecule has 1 aromatic carbocycles. The molecule has 1 saturated carbocycles. The van der Waals surface area contributed by atoms with Crippen molar-refractivity contribution in [3.8, 4) is 0 Å². The van der Waals surface area contributed by atoms with Crippen molar-refractivity contribution in [3.63, 3.8) is 0 Å². The highest BCUT2D eigenvalue weighted by Crippen LogP contribution is 2.39. The van der Waals surface area contributed by atoms with Gasteiger partial charge in [-0.2, -0.15) is 0 Å². The summed E-state index contributed by atoms with van der Waals surface area (Å²) in [7, 11) is 0. The number of benzene rings is 1. The molecule has 0 spiro atoms. The van der Waals surface area contributed by atoms with Gasteiger partial charge in [0.15, 0.2) is 0 Å². The molecule has 0 amide bonds. The minimum Gasteiger partial charge on any atom is -0.321 e. The first-order chi connectivity index (χ1) is 8.05. The van der Waals surface area contributed by atoms with E-state index in [4.69, 9.17) is 17.3 Å². The standard InChI is InChI=1S/C14H19ClFN/c1-2-10-5-7-14(17,8-6-10)12-4-3-11(15)9-13(12)16/h3-4,9-10H,2,5-8,17H2,1H3. The lowest BCUT2D eigenvalue weighted by Gasteiger charge is -2.37. The van der Waals surface area contributed by atoms with Crippen LogP contribution in [0.3, 0.4) is 0 Å². The monoisotopic (exact) mass is 255 g/mol. The van der Waals surface area contributed by atoms with Gasteiger partial charge in [0, 0.05) is 16.1 Å². The molecule has 0 radical (unpaired) electrons. The quantitative estimate of drug-likeness (QED) is 0.841. The third-order valence-corrected chi connectivity index (χ3v) is 4.28. The molecule has 0 aliphatic heterocycles. The van der Waals surface area contributed by atoms with Gasteiger partial charge in [0.1, 0.15) is 5.82 Å². The van der Waals surface area contributed by atoms with Gasteiger partial charge in [-0.1, -0.05) is 31.0 Å². The number of halogens is 2. The molecule has 1 aliphatic carbocycles. The molecule has 1 aliphatic rings. The summed E-state index contributed by atoms with van der Waals surface area (Å²) in [4.78, 5) is 0. The highest BCUT2D eigenvalue weighted by molar-refractivity contribution is 6.30. The van der Waals surface area contributed by atoms with Crippen LogP contribution in [0.15, 0.2) is 18.2 Å². The minimum absolute atomic E-state index is 0.269. The third-order valence-electron chi connectivity index (χ3n) is 4.04.